The van der Waals surface area contributed by atoms with Crippen LogP contribution in [0.5, 0.6) is 5.75 Å². The molecule has 5 rings (SSSR count). The lowest BCUT2D eigenvalue weighted by molar-refractivity contribution is -0.131. The van der Waals surface area contributed by atoms with Crippen molar-refractivity contribution < 1.29 is 19.4 Å². The van der Waals surface area contributed by atoms with Gasteiger partial charge in [0, 0.05) is 43.5 Å². The molecule has 1 saturated heterocycles. The Morgan fingerprint density at radius 2 is 1.83 bits per heavy atom. The van der Waals surface area contributed by atoms with E-state index < -0.39 is 6.10 Å². The average molecular weight is 487 g/mol. The lowest BCUT2D eigenvalue weighted by Gasteiger charge is -2.55. The Balaban J connectivity index is 1.48. The molecule has 3 aromatic carbocycles. The zero-order valence-corrected chi connectivity index (χ0v) is 21.2. The molecule has 188 valence electrons. The van der Waals surface area contributed by atoms with E-state index in [9.17, 15) is 14.7 Å². The first-order valence-corrected chi connectivity index (χ1v) is 12.7. The van der Waals surface area contributed by atoms with Crippen molar-refractivity contribution in [2.24, 2.45) is 5.92 Å². The summed E-state index contributed by atoms with van der Waals surface area (Å²) in [4.78, 5) is 29.3. The number of esters is 1. The van der Waals surface area contributed by atoms with Gasteiger partial charge in [-0.05, 0) is 73.5 Å². The molecule has 1 heterocycles. The monoisotopic (exact) mass is 486 g/mol. The first-order chi connectivity index (χ1) is 17.3. The van der Waals surface area contributed by atoms with Crippen molar-refractivity contribution in [3.05, 3.63) is 77.9 Å². The van der Waals surface area contributed by atoms with Gasteiger partial charge in [-0.3, -0.25) is 9.59 Å². The van der Waals surface area contributed by atoms with E-state index in [2.05, 4.69) is 18.0 Å². The van der Waals surface area contributed by atoms with Crippen molar-refractivity contribution in [1.82, 2.24) is 9.80 Å². The second kappa shape index (κ2) is 9.68. The molecule has 2 fully saturated rings. The van der Waals surface area contributed by atoms with E-state index in [1.807, 2.05) is 66.5 Å². The van der Waals surface area contributed by atoms with Gasteiger partial charge in [-0.1, -0.05) is 42.5 Å². The first kappa shape index (κ1) is 24.5. The predicted octanol–water partition coefficient (Wildman–Crippen LogP) is 4.25. The molecule has 6 heteroatoms. The van der Waals surface area contributed by atoms with Crippen LogP contribution in [-0.4, -0.2) is 66.1 Å². The second-order valence-electron chi connectivity index (χ2n) is 10.5. The van der Waals surface area contributed by atoms with Gasteiger partial charge in [0.1, 0.15) is 5.75 Å². The summed E-state index contributed by atoms with van der Waals surface area (Å²) in [7, 11) is 3.95. The standard InChI is InChI=1S/C30H34N2O4/c1-20(33)36-26-10-6-9-24(16-26)30-13-14-31(2)19-27(30)28(34)17-25(18-30)32(3)29(35)23-12-11-21-7-4-5-8-22(21)15-23/h4-12,15-16,25,27-28,34H,13-14,17-19H2,1-3H3/t25-,27-,28?,30-/m0/s1. The van der Waals surface area contributed by atoms with Crippen molar-refractivity contribution >= 4 is 22.6 Å². The minimum absolute atomic E-state index is 0.0317. The highest BCUT2D eigenvalue weighted by Gasteiger charge is 2.52. The number of nitrogens with zero attached hydrogens (tertiary/aromatic N) is 2. The Hall–Kier alpha value is -3.22. The van der Waals surface area contributed by atoms with E-state index in [1.54, 1.807) is 6.07 Å². The molecule has 2 aliphatic rings. The van der Waals surface area contributed by atoms with Crippen LogP contribution in [0.2, 0.25) is 0 Å². The molecule has 0 spiro atoms. The topological polar surface area (TPSA) is 70.1 Å². The average Bonchev–Trinajstić information content (AvgIpc) is 2.87. The van der Waals surface area contributed by atoms with Crippen LogP contribution >= 0.6 is 0 Å². The summed E-state index contributed by atoms with van der Waals surface area (Å²) in [5.41, 5.74) is 1.40. The van der Waals surface area contributed by atoms with Crippen LogP contribution in [0.15, 0.2) is 66.7 Å². The molecule has 0 aromatic heterocycles. The van der Waals surface area contributed by atoms with Crippen molar-refractivity contribution in [2.75, 3.05) is 27.2 Å². The molecular weight excluding hydrogens is 452 g/mol. The van der Waals surface area contributed by atoms with Crippen molar-refractivity contribution in [3.63, 3.8) is 0 Å². The van der Waals surface area contributed by atoms with Crippen LogP contribution in [0.3, 0.4) is 0 Å². The van der Waals surface area contributed by atoms with Gasteiger partial charge >= 0.3 is 5.97 Å². The molecule has 4 atom stereocenters. The zero-order valence-electron chi connectivity index (χ0n) is 21.2. The summed E-state index contributed by atoms with van der Waals surface area (Å²) in [5, 5.41) is 13.6. The summed E-state index contributed by atoms with van der Waals surface area (Å²) in [6.45, 7) is 3.08. The molecule has 1 aliphatic carbocycles. The third-order valence-electron chi connectivity index (χ3n) is 8.27. The number of fused-ring (bicyclic) bond motifs is 2. The van der Waals surface area contributed by atoms with Crippen LogP contribution < -0.4 is 4.74 Å². The highest BCUT2D eigenvalue weighted by Crippen LogP contribution is 2.50. The second-order valence-corrected chi connectivity index (χ2v) is 10.5. The smallest absolute Gasteiger partial charge is 0.308 e. The summed E-state index contributed by atoms with van der Waals surface area (Å²) in [6, 6.07) is 21.5. The molecule has 1 N–H and O–H groups in total. The first-order valence-electron chi connectivity index (χ1n) is 12.7. The van der Waals surface area contributed by atoms with Crippen LogP contribution in [0.25, 0.3) is 10.8 Å². The molecule has 1 amide bonds. The number of amides is 1. The maximum absolute atomic E-state index is 13.6. The molecule has 36 heavy (non-hydrogen) atoms. The predicted molar refractivity (Wildman–Crippen MR) is 140 cm³/mol. The lowest BCUT2D eigenvalue weighted by Crippen LogP contribution is -2.60. The van der Waals surface area contributed by atoms with E-state index in [-0.39, 0.29) is 29.3 Å². The van der Waals surface area contributed by atoms with Gasteiger partial charge in [-0.2, -0.15) is 0 Å². The fourth-order valence-electron chi connectivity index (χ4n) is 6.37. The summed E-state index contributed by atoms with van der Waals surface area (Å²) >= 11 is 0. The van der Waals surface area contributed by atoms with E-state index in [1.165, 1.54) is 6.92 Å². The number of likely N-dealkylation sites (tertiary alicyclic amines) is 1. The van der Waals surface area contributed by atoms with Gasteiger partial charge in [0.05, 0.1) is 6.10 Å². The third-order valence-corrected chi connectivity index (χ3v) is 8.27. The molecule has 0 bridgehead atoms. The minimum atomic E-state index is -0.546. The molecule has 1 aliphatic heterocycles. The van der Waals surface area contributed by atoms with Gasteiger partial charge in [-0.25, -0.2) is 0 Å². The van der Waals surface area contributed by atoms with Crippen LogP contribution in [-0.2, 0) is 10.2 Å². The maximum Gasteiger partial charge on any atom is 0.308 e. The maximum atomic E-state index is 13.6. The van der Waals surface area contributed by atoms with Gasteiger partial charge < -0.3 is 19.6 Å². The Bertz CT molecular complexity index is 1290. The van der Waals surface area contributed by atoms with E-state index in [4.69, 9.17) is 4.74 Å². The zero-order chi connectivity index (χ0) is 25.4. The minimum Gasteiger partial charge on any atom is -0.427 e. The number of piperidine rings is 1. The van der Waals surface area contributed by atoms with Gasteiger partial charge in [0.2, 0.25) is 0 Å². The molecule has 6 nitrogen and oxygen atoms in total. The van der Waals surface area contributed by atoms with E-state index in [0.717, 1.165) is 42.3 Å². The molecule has 1 unspecified atom stereocenters. The Morgan fingerprint density at radius 3 is 2.61 bits per heavy atom. The number of ether oxygens (including phenoxy) is 1. The lowest BCUT2D eigenvalue weighted by atomic mass is 9.57. The van der Waals surface area contributed by atoms with Crippen LogP contribution in [0.1, 0.15) is 42.1 Å². The number of aliphatic hydroxyl groups is 1. The third kappa shape index (κ3) is 4.51. The van der Waals surface area contributed by atoms with Crippen molar-refractivity contribution in [2.45, 2.75) is 43.7 Å². The van der Waals surface area contributed by atoms with E-state index in [0.29, 0.717) is 17.7 Å². The van der Waals surface area contributed by atoms with Gasteiger partial charge in [0.15, 0.2) is 0 Å². The number of rotatable bonds is 4. The Labute approximate surface area is 212 Å². The molecular formula is C30H34N2O4. The summed E-state index contributed by atoms with van der Waals surface area (Å²) in [6.07, 6.45) is 1.61. The molecule has 0 radical (unpaired) electrons. The number of hydrogen-bond donors (Lipinski definition) is 1. The largest absolute Gasteiger partial charge is 0.427 e. The molecule has 1 saturated carbocycles. The highest BCUT2D eigenvalue weighted by atomic mass is 16.5. The fraction of sp³-hybridized carbons (Fsp3) is 0.400. The number of carbonyl (C=O) groups excluding carboxylic acids is 2. The Kier molecular flexibility index (Phi) is 6.58. The normalized spacial score (nSPS) is 26.3. The SMILES string of the molecule is CC(=O)Oc1cccc([C@@]23CCN(C)C[C@H]2C(O)C[C@H](N(C)C(=O)c2ccc4ccccc4c2)C3)c1. The Morgan fingerprint density at radius 1 is 1.06 bits per heavy atom. The summed E-state index contributed by atoms with van der Waals surface area (Å²) in [5.74, 6) is 0.161. The van der Waals surface area contributed by atoms with Crippen molar-refractivity contribution in [1.29, 1.82) is 0 Å². The van der Waals surface area contributed by atoms with Gasteiger partial charge in [0.25, 0.3) is 5.91 Å². The highest BCUT2D eigenvalue weighted by molar-refractivity contribution is 5.98. The number of hydrogen-bond acceptors (Lipinski definition) is 5. The van der Waals surface area contributed by atoms with Gasteiger partial charge in [-0.15, -0.1) is 0 Å². The van der Waals surface area contributed by atoms with E-state index >= 15 is 0 Å². The molecule has 3 aromatic rings. The van der Waals surface area contributed by atoms with Crippen molar-refractivity contribution in [3.8, 4) is 5.75 Å². The number of carbonyl (C=O) groups is 2. The fourth-order valence-corrected chi connectivity index (χ4v) is 6.37. The summed E-state index contributed by atoms with van der Waals surface area (Å²) < 4.78 is 5.40. The van der Waals surface area contributed by atoms with Crippen LogP contribution in [0, 0.1) is 5.92 Å². The quantitative estimate of drug-likeness (QED) is 0.441. The number of aliphatic hydroxyl groups excluding tert-OH is 1. The number of benzene rings is 3. The van der Waals surface area contributed by atoms with Crippen LogP contribution in [0.4, 0.5) is 0 Å².